The molecular formula is C25H27ClN10O. The summed E-state index contributed by atoms with van der Waals surface area (Å²) in [7, 11) is 0. The maximum absolute atomic E-state index is 9.71. The van der Waals surface area contributed by atoms with E-state index in [1.807, 2.05) is 6.07 Å². The Bertz CT molecular complexity index is 1410. The van der Waals surface area contributed by atoms with Gasteiger partial charge >= 0.3 is 0 Å². The molecule has 1 aromatic carbocycles. The first-order valence-corrected chi connectivity index (χ1v) is 13.0. The standard InChI is InChI=1S/C25H27ClN10O/c26-22-20(32-25-33-23(31-15-1-2-15)24-29-13-18(12-28)36(24)34-25)7-14(11-27)8-21(22)35-5-3-16(4-6-35)30-17-9-19(37)10-17/h7-8,13,15-17,19,30,37H,1-6,9-10H2,(H2,31,32,33,34)/t17-,19-. The average molecular weight is 519 g/mol. The lowest BCUT2D eigenvalue weighted by Gasteiger charge is -2.40. The molecule has 3 aromatic rings. The molecule has 0 atom stereocenters. The van der Waals surface area contributed by atoms with E-state index in [-0.39, 0.29) is 12.1 Å². The maximum atomic E-state index is 9.71. The van der Waals surface area contributed by atoms with Gasteiger partial charge < -0.3 is 26.0 Å². The average Bonchev–Trinajstić information content (AvgIpc) is 3.60. The number of nitrogens with one attached hydrogen (secondary N) is 3. The quantitative estimate of drug-likeness (QED) is 0.367. The first-order valence-electron chi connectivity index (χ1n) is 12.6. The lowest BCUT2D eigenvalue weighted by molar-refractivity contribution is 0.0562. The minimum Gasteiger partial charge on any atom is -0.393 e. The Balaban J connectivity index is 1.25. The highest BCUT2D eigenvalue weighted by molar-refractivity contribution is 6.36. The van der Waals surface area contributed by atoms with Gasteiger partial charge in [-0.25, -0.2) is 4.98 Å². The molecule has 2 aliphatic carbocycles. The molecule has 11 nitrogen and oxygen atoms in total. The zero-order valence-corrected chi connectivity index (χ0v) is 20.9. The van der Waals surface area contributed by atoms with Gasteiger partial charge in [0.1, 0.15) is 6.07 Å². The van der Waals surface area contributed by atoms with Crippen molar-refractivity contribution in [1.29, 1.82) is 10.5 Å². The molecular weight excluding hydrogens is 492 g/mol. The first-order chi connectivity index (χ1) is 18.0. The van der Waals surface area contributed by atoms with Crippen molar-refractivity contribution in [3.63, 3.8) is 0 Å². The third-order valence-electron chi connectivity index (χ3n) is 7.24. The van der Waals surface area contributed by atoms with Crippen LogP contribution in [0.5, 0.6) is 0 Å². The zero-order valence-electron chi connectivity index (χ0n) is 20.2. The summed E-state index contributed by atoms with van der Waals surface area (Å²) in [6.45, 7) is 1.61. The number of imidazole rings is 1. The maximum Gasteiger partial charge on any atom is 0.247 e. The molecule has 1 saturated heterocycles. The topological polar surface area (TPSA) is 150 Å². The van der Waals surface area contributed by atoms with Crippen LogP contribution in [0.15, 0.2) is 18.3 Å². The molecule has 0 radical (unpaired) electrons. The van der Waals surface area contributed by atoms with Crippen molar-refractivity contribution >= 4 is 40.4 Å². The molecule has 0 spiro atoms. The molecule has 1 aliphatic heterocycles. The fourth-order valence-corrected chi connectivity index (χ4v) is 5.26. The Kier molecular flexibility index (Phi) is 6.21. The van der Waals surface area contributed by atoms with Crippen LogP contribution in [-0.2, 0) is 0 Å². The second-order valence-electron chi connectivity index (χ2n) is 10.0. The Morgan fingerprint density at radius 3 is 2.49 bits per heavy atom. The van der Waals surface area contributed by atoms with Crippen LogP contribution < -0.4 is 20.9 Å². The van der Waals surface area contributed by atoms with Gasteiger partial charge in [-0.05, 0) is 50.7 Å². The number of fused-ring (bicyclic) bond motifs is 1. The molecule has 0 unspecified atom stereocenters. The molecule has 3 heterocycles. The smallest absolute Gasteiger partial charge is 0.247 e. The SMILES string of the molecule is N#Cc1cc(Nc2nc(NC3CC3)c3ncc(C#N)n3n2)c(Cl)c(N2CCC(N[C@H]3C[C@H](O)C3)CC2)c1. The third kappa shape index (κ3) is 4.86. The molecule has 12 heteroatoms. The largest absolute Gasteiger partial charge is 0.393 e. The number of anilines is 4. The summed E-state index contributed by atoms with van der Waals surface area (Å²) >= 11 is 6.88. The van der Waals surface area contributed by atoms with E-state index in [2.05, 4.69) is 48.1 Å². The van der Waals surface area contributed by atoms with Crippen LogP contribution in [0.4, 0.5) is 23.1 Å². The van der Waals surface area contributed by atoms with E-state index in [9.17, 15) is 15.6 Å². The monoisotopic (exact) mass is 518 g/mol. The number of piperidine rings is 1. The van der Waals surface area contributed by atoms with E-state index in [0.717, 1.165) is 57.3 Å². The zero-order chi connectivity index (χ0) is 25.5. The van der Waals surface area contributed by atoms with E-state index >= 15 is 0 Å². The van der Waals surface area contributed by atoms with E-state index in [4.69, 9.17) is 11.6 Å². The molecule has 2 saturated carbocycles. The van der Waals surface area contributed by atoms with Crippen molar-refractivity contribution in [2.75, 3.05) is 28.6 Å². The van der Waals surface area contributed by atoms with E-state index in [1.165, 1.54) is 10.7 Å². The van der Waals surface area contributed by atoms with Gasteiger partial charge in [-0.15, -0.1) is 5.10 Å². The molecule has 2 aromatic heterocycles. The number of hydrogen-bond donors (Lipinski definition) is 4. The molecule has 4 N–H and O–H groups in total. The minimum absolute atomic E-state index is 0.165. The number of nitriles is 2. The second kappa shape index (κ2) is 9.67. The summed E-state index contributed by atoms with van der Waals surface area (Å²) in [4.78, 5) is 11.1. The van der Waals surface area contributed by atoms with E-state index < -0.39 is 0 Å². The van der Waals surface area contributed by atoms with Gasteiger partial charge in [0.15, 0.2) is 17.2 Å². The summed E-state index contributed by atoms with van der Waals surface area (Å²) in [6.07, 6.45) is 6.97. The molecule has 190 valence electrons. The van der Waals surface area contributed by atoms with Crippen molar-refractivity contribution < 1.29 is 5.11 Å². The fraction of sp³-hybridized carbons (Fsp3) is 0.480. The van der Waals surface area contributed by atoms with Crippen molar-refractivity contribution in [2.45, 2.75) is 62.8 Å². The first kappa shape index (κ1) is 23.7. The Labute approximate surface area is 219 Å². The molecule has 37 heavy (non-hydrogen) atoms. The number of benzene rings is 1. The summed E-state index contributed by atoms with van der Waals surface area (Å²) in [6, 6.07) is 8.98. The summed E-state index contributed by atoms with van der Waals surface area (Å²) in [5, 5.41) is 43.9. The van der Waals surface area contributed by atoms with Crippen LogP contribution in [0.3, 0.4) is 0 Å². The summed E-state index contributed by atoms with van der Waals surface area (Å²) < 4.78 is 1.46. The van der Waals surface area contributed by atoms with Crippen LogP contribution in [0.2, 0.25) is 5.02 Å². The number of aliphatic hydroxyl groups excluding tert-OH is 1. The number of aromatic nitrogens is 4. The Morgan fingerprint density at radius 2 is 1.81 bits per heavy atom. The van der Waals surface area contributed by atoms with Gasteiger partial charge in [-0.1, -0.05) is 11.6 Å². The molecule has 6 rings (SSSR count). The number of halogens is 1. The Hall–Kier alpha value is -3.64. The van der Waals surface area contributed by atoms with Gasteiger partial charge in [0.05, 0.1) is 40.3 Å². The lowest BCUT2D eigenvalue weighted by atomic mass is 9.88. The fourth-order valence-electron chi connectivity index (χ4n) is 4.99. The second-order valence-corrected chi connectivity index (χ2v) is 10.4. The molecule has 0 amide bonds. The predicted molar refractivity (Wildman–Crippen MR) is 139 cm³/mol. The Morgan fingerprint density at radius 1 is 1.03 bits per heavy atom. The number of nitrogens with zero attached hydrogens (tertiary/aromatic N) is 7. The van der Waals surface area contributed by atoms with E-state index in [1.54, 1.807) is 6.07 Å². The highest BCUT2D eigenvalue weighted by Gasteiger charge is 2.31. The lowest BCUT2D eigenvalue weighted by Crippen LogP contribution is -2.52. The predicted octanol–water partition coefficient (Wildman–Crippen LogP) is 2.92. The third-order valence-corrected chi connectivity index (χ3v) is 7.64. The van der Waals surface area contributed by atoms with Crippen LogP contribution in [0.25, 0.3) is 5.65 Å². The number of aliphatic hydroxyl groups is 1. The summed E-state index contributed by atoms with van der Waals surface area (Å²) in [5.41, 5.74) is 2.57. The van der Waals surface area contributed by atoms with Crippen molar-refractivity contribution in [1.82, 2.24) is 24.9 Å². The molecule has 3 fully saturated rings. The van der Waals surface area contributed by atoms with Crippen molar-refractivity contribution in [3.05, 3.63) is 34.6 Å². The number of hydrogen-bond acceptors (Lipinski definition) is 10. The van der Waals surface area contributed by atoms with Crippen molar-refractivity contribution in [3.8, 4) is 12.1 Å². The highest BCUT2D eigenvalue weighted by Crippen LogP contribution is 2.37. The van der Waals surface area contributed by atoms with Gasteiger partial charge in [0.2, 0.25) is 5.95 Å². The van der Waals surface area contributed by atoms with Crippen molar-refractivity contribution in [2.24, 2.45) is 0 Å². The normalized spacial score (nSPS) is 21.8. The van der Waals surface area contributed by atoms with Crippen LogP contribution in [0, 0.1) is 22.7 Å². The van der Waals surface area contributed by atoms with Crippen LogP contribution in [-0.4, -0.2) is 62.0 Å². The van der Waals surface area contributed by atoms with Gasteiger partial charge in [-0.3, -0.25) is 0 Å². The van der Waals surface area contributed by atoms with E-state index in [0.29, 0.717) is 51.6 Å². The van der Waals surface area contributed by atoms with Crippen LogP contribution >= 0.6 is 11.6 Å². The van der Waals surface area contributed by atoms with Gasteiger partial charge in [0, 0.05) is 31.2 Å². The molecule has 0 bridgehead atoms. The van der Waals surface area contributed by atoms with Gasteiger partial charge in [-0.2, -0.15) is 20.0 Å². The van der Waals surface area contributed by atoms with Crippen LogP contribution in [0.1, 0.15) is 49.8 Å². The number of rotatable bonds is 7. The van der Waals surface area contributed by atoms with Gasteiger partial charge in [0.25, 0.3) is 0 Å². The molecule has 3 aliphatic rings. The minimum atomic E-state index is -0.165. The highest BCUT2D eigenvalue weighted by atomic mass is 35.5. The summed E-state index contributed by atoms with van der Waals surface area (Å²) in [5.74, 6) is 0.793.